The second kappa shape index (κ2) is 6.43. The lowest BCUT2D eigenvalue weighted by Gasteiger charge is -2.10. The topological polar surface area (TPSA) is 72.2 Å². The molecule has 8 heteroatoms. The van der Waals surface area contributed by atoms with E-state index < -0.39 is 10.8 Å². The smallest absolute Gasteiger partial charge is 0.284 e. The van der Waals surface area contributed by atoms with Gasteiger partial charge < -0.3 is 5.32 Å². The number of halogens is 3. The average molecular weight is 390 g/mol. The van der Waals surface area contributed by atoms with Crippen molar-refractivity contribution in [2.75, 3.05) is 5.32 Å². The highest BCUT2D eigenvalue weighted by Crippen LogP contribution is 2.32. The standard InChI is InChI=1S/C13H7BrCl2N2O3/c14-11-7(3-1-6-10(11)18(20)21)13(19)17-12-8(15)4-2-5-9(12)16/h1-6H,(H,17,19). The first-order chi connectivity index (χ1) is 9.91. The Bertz CT molecular complexity index is 717. The molecule has 0 fully saturated rings. The molecule has 5 nitrogen and oxygen atoms in total. The predicted octanol–water partition coefficient (Wildman–Crippen LogP) is 4.92. The Labute approximate surface area is 138 Å². The van der Waals surface area contributed by atoms with Crippen molar-refractivity contribution in [1.82, 2.24) is 0 Å². The van der Waals surface area contributed by atoms with E-state index in [9.17, 15) is 14.9 Å². The minimum atomic E-state index is -0.580. The molecule has 21 heavy (non-hydrogen) atoms. The summed E-state index contributed by atoms with van der Waals surface area (Å²) in [4.78, 5) is 22.5. The third-order valence-electron chi connectivity index (χ3n) is 2.62. The molecule has 2 rings (SSSR count). The number of carbonyl (C=O) groups excluding carboxylic acids is 1. The number of hydrogen-bond donors (Lipinski definition) is 1. The van der Waals surface area contributed by atoms with Crippen molar-refractivity contribution in [2.45, 2.75) is 0 Å². The van der Waals surface area contributed by atoms with Crippen LogP contribution in [0.2, 0.25) is 10.0 Å². The molecule has 0 atom stereocenters. The third kappa shape index (κ3) is 3.34. The van der Waals surface area contributed by atoms with Crippen molar-refractivity contribution in [3.63, 3.8) is 0 Å². The normalized spacial score (nSPS) is 10.2. The zero-order valence-electron chi connectivity index (χ0n) is 10.3. The summed E-state index contributed by atoms with van der Waals surface area (Å²) in [6, 6.07) is 8.97. The van der Waals surface area contributed by atoms with Crippen LogP contribution in [0.5, 0.6) is 0 Å². The number of carbonyl (C=O) groups is 1. The van der Waals surface area contributed by atoms with E-state index in [1.54, 1.807) is 18.2 Å². The minimum absolute atomic E-state index is 0.0932. The second-order valence-electron chi connectivity index (χ2n) is 3.95. The maximum absolute atomic E-state index is 12.2. The summed E-state index contributed by atoms with van der Waals surface area (Å²) in [6.07, 6.45) is 0. The van der Waals surface area contributed by atoms with Crippen molar-refractivity contribution in [1.29, 1.82) is 0 Å². The first-order valence-corrected chi connectivity index (χ1v) is 7.15. The van der Waals surface area contributed by atoms with Crippen LogP contribution in [0.25, 0.3) is 0 Å². The summed E-state index contributed by atoms with van der Waals surface area (Å²) in [7, 11) is 0. The zero-order valence-corrected chi connectivity index (χ0v) is 13.4. The van der Waals surface area contributed by atoms with Crippen molar-refractivity contribution >= 4 is 56.4 Å². The van der Waals surface area contributed by atoms with E-state index >= 15 is 0 Å². The number of amides is 1. The molecule has 1 amide bonds. The van der Waals surface area contributed by atoms with Crippen LogP contribution in [-0.4, -0.2) is 10.8 Å². The highest BCUT2D eigenvalue weighted by atomic mass is 79.9. The SMILES string of the molecule is O=C(Nc1c(Cl)cccc1Cl)c1cccc([N+](=O)[O-])c1Br. The van der Waals surface area contributed by atoms with Crippen LogP contribution < -0.4 is 5.32 Å². The zero-order chi connectivity index (χ0) is 15.6. The van der Waals surface area contributed by atoms with Gasteiger partial charge in [0.15, 0.2) is 0 Å². The fraction of sp³-hybridized carbons (Fsp3) is 0. The summed E-state index contributed by atoms with van der Waals surface area (Å²) in [6.45, 7) is 0. The predicted molar refractivity (Wildman–Crippen MR) is 85.2 cm³/mol. The van der Waals surface area contributed by atoms with Crippen molar-refractivity contribution in [3.8, 4) is 0 Å². The lowest BCUT2D eigenvalue weighted by atomic mass is 10.2. The molecular formula is C13H7BrCl2N2O3. The van der Waals surface area contributed by atoms with Gasteiger partial charge in [0.25, 0.3) is 11.6 Å². The van der Waals surface area contributed by atoms with Crippen LogP contribution in [0.4, 0.5) is 11.4 Å². The first kappa shape index (κ1) is 15.8. The van der Waals surface area contributed by atoms with Crippen molar-refractivity contribution in [2.24, 2.45) is 0 Å². The van der Waals surface area contributed by atoms with E-state index in [-0.39, 0.29) is 31.5 Å². The summed E-state index contributed by atoms with van der Waals surface area (Å²) in [5.74, 6) is -0.555. The molecule has 0 radical (unpaired) electrons. The molecule has 0 aliphatic carbocycles. The Morgan fingerprint density at radius 2 is 1.71 bits per heavy atom. The monoisotopic (exact) mass is 388 g/mol. The van der Waals surface area contributed by atoms with E-state index in [1.807, 2.05) is 0 Å². The van der Waals surface area contributed by atoms with E-state index in [0.717, 1.165) is 0 Å². The number of nitrogens with zero attached hydrogens (tertiary/aromatic N) is 1. The molecule has 0 saturated heterocycles. The molecule has 0 saturated carbocycles. The number of benzene rings is 2. The quantitative estimate of drug-likeness (QED) is 0.598. The number of rotatable bonds is 3. The molecule has 0 aromatic heterocycles. The van der Waals surface area contributed by atoms with Gasteiger partial charge in [-0.15, -0.1) is 0 Å². The third-order valence-corrected chi connectivity index (χ3v) is 4.08. The molecular weight excluding hydrogens is 383 g/mol. The van der Waals surface area contributed by atoms with E-state index in [4.69, 9.17) is 23.2 Å². The van der Waals surface area contributed by atoms with Gasteiger partial charge in [0, 0.05) is 6.07 Å². The number of anilines is 1. The number of nitro groups is 1. The van der Waals surface area contributed by atoms with E-state index in [1.165, 1.54) is 18.2 Å². The van der Waals surface area contributed by atoms with Gasteiger partial charge in [0.2, 0.25) is 0 Å². The highest BCUT2D eigenvalue weighted by Gasteiger charge is 2.20. The Morgan fingerprint density at radius 3 is 2.29 bits per heavy atom. The van der Waals surface area contributed by atoms with Crippen LogP contribution in [0, 0.1) is 10.1 Å². The van der Waals surface area contributed by atoms with Gasteiger partial charge in [-0.1, -0.05) is 35.3 Å². The molecule has 0 aliphatic rings. The fourth-order valence-electron chi connectivity index (χ4n) is 1.63. The summed E-state index contributed by atoms with van der Waals surface area (Å²) >= 11 is 15.0. The van der Waals surface area contributed by atoms with Gasteiger partial charge in [0.1, 0.15) is 4.47 Å². The second-order valence-corrected chi connectivity index (χ2v) is 5.55. The maximum Gasteiger partial charge on any atom is 0.284 e. The summed E-state index contributed by atoms with van der Waals surface area (Å²) in [5, 5.41) is 14.0. The van der Waals surface area contributed by atoms with Gasteiger partial charge in [-0.2, -0.15) is 0 Å². The largest absolute Gasteiger partial charge is 0.319 e. The maximum atomic E-state index is 12.2. The van der Waals surface area contributed by atoms with Gasteiger partial charge in [0.05, 0.1) is 26.2 Å². The molecule has 0 aliphatic heterocycles. The first-order valence-electron chi connectivity index (χ1n) is 5.60. The molecule has 0 heterocycles. The summed E-state index contributed by atoms with van der Waals surface area (Å²) < 4.78 is 0.0932. The van der Waals surface area contributed by atoms with Crippen LogP contribution in [0.3, 0.4) is 0 Å². The van der Waals surface area contributed by atoms with E-state index in [0.29, 0.717) is 0 Å². The highest BCUT2D eigenvalue weighted by molar-refractivity contribution is 9.10. The lowest BCUT2D eigenvalue weighted by molar-refractivity contribution is -0.385. The number of nitrogens with one attached hydrogen (secondary N) is 1. The Morgan fingerprint density at radius 1 is 1.14 bits per heavy atom. The van der Waals surface area contributed by atoms with Crippen LogP contribution in [0.15, 0.2) is 40.9 Å². The Kier molecular flexibility index (Phi) is 4.82. The van der Waals surface area contributed by atoms with Gasteiger partial charge >= 0.3 is 0 Å². The van der Waals surface area contributed by atoms with Crippen molar-refractivity contribution < 1.29 is 9.72 Å². The fourth-order valence-corrected chi connectivity index (χ4v) is 2.72. The molecule has 108 valence electrons. The minimum Gasteiger partial charge on any atom is -0.319 e. The lowest BCUT2D eigenvalue weighted by Crippen LogP contribution is -2.13. The van der Waals surface area contributed by atoms with Crippen LogP contribution >= 0.6 is 39.1 Å². The van der Waals surface area contributed by atoms with E-state index in [2.05, 4.69) is 21.2 Å². The summed E-state index contributed by atoms with van der Waals surface area (Å²) in [5.41, 5.74) is 0.164. The molecule has 2 aromatic rings. The van der Waals surface area contributed by atoms with Gasteiger partial charge in [-0.05, 0) is 34.1 Å². The Hall–Kier alpha value is -1.63. The van der Waals surface area contributed by atoms with Gasteiger partial charge in [-0.25, -0.2) is 0 Å². The van der Waals surface area contributed by atoms with Crippen LogP contribution in [0.1, 0.15) is 10.4 Å². The average Bonchev–Trinajstić information content (AvgIpc) is 2.42. The molecule has 0 unspecified atom stereocenters. The Balaban J connectivity index is 2.38. The van der Waals surface area contributed by atoms with Crippen LogP contribution in [-0.2, 0) is 0 Å². The van der Waals surface area contributed by atoms with Gasteiger partial charge in [-0.3, -0.25) is 14.9 Å². The number of hydrogen-bond acceptors (Lipinski definition) is 3. The van der Waals surface area contributed by atoms with Crippen molar-refractivity contribution in [3.05, 3.63) is 66.6 Å². The number of para-hydroxylation sites is 1. The molecule has 0 spiro atoms. The molecule has 0 bridgehead atoms. The molecule has 1 N–H and O–H groups in total. The molecule has 2 aromatic carbocycles. The number of nitro benzene ring substituents is 1.